The normalized spacial score (nSPS) is 12.5. The Morgan fingerprint density at radius 1 is 1.05 bits per heavy atom. The summed E-state index contributed by atoms with van der Waals surface area (Å²) in [7, 11) is 0. The molecule has 0 aromatic rings. The summed E-state index contributed by atoms with van der Waals surface area (Å²) in [6, 6.07) is 0. The van der Waals surface area contributed by atoms with Gasteiger partial charge in [-0.2, -0.15) is 4.89 Å². The molecular weight excluding hydrogens is 256 g/mol. The lowest BCUT2D eigenvalue weighted by atomic mass is 10.0. The van der Waals surface area contributed by atoms with Crippen molar-refractivity contribution in [1.29, 1.82) is 0 Å². The quantitative estimate of drug-likeness (QED) is 0.402. The molecule has 19 heavy (non-hydrogen) atoms. The highest BCUT2D eigenvalue weighted by Gasteiger charge is 2.27. The largest absolute Gasteiger partial charge is 0.540 e. The number of hydrogen-bond acceptors (Lipinski definition) is 7. The maximum absolute atomic E-state index is 11.1. The molecule has 0 aliphatic heterocycles. The molecule has 0 bridgehead atoms. The van der Waals surface area contributed by atoms with E-state index in [4.69, 9.17) is 9.62 Å². The van der Waals surface area contributed by atoms with Gasteiger partial charge in [-0.1, -0.05) is 0 Å². The Hall–Kier alpha value is -1.50. The van der Waals surface area contributed by atoms with Crippen molar-refractivity contribution in [3.63, 3.8) is 0 Å². The molecule has 7 nitrogen and oxygen atoms in total. The zero-order valence-corrected chi connectivity index (χ0v) is 12.1. The molecule has 0 aliphatic rings. The van der Waals surface area contributed by atoms with Gasteiger partial charge in [0.15, 0.2) is 0 Å². The average molecular weight is 278 g/mol. The second kappa shape index (κ2) is 8.58. The highest BCUT2D eigenvalue weighted by Crippen LogP contribution is 2.19. The lowest BCUT2D eigenvalue weighted by Crippen LogP contribution is -2.32. The topological polar surface area (TPSA) is 80.3 Å². The van der Waals surface area contributed by atoms with Crippen LogP contribution in [-0.2, 0) is 24.0 Å². The first-order chi connectivity index (χ1) is 8.80. The van der Waals surface area contributed by atoms with E-state index in [2.05, 4.69) is 14.4 Å². The van der Waals surface area contributed by atoms with E-state index in [9.17, 15) is 9.59 Å². The van der Waals surface area contributed by atoms with Gasteiger partial charge in [-0.3, -0.25) is 4.89 Å². The van der Waals surface area contributed by atoms with Crippen LogP contribution in [0.3, 0.4) is 0 Å². The lowest BCUT2D eigenvalue weighted by Gasteiger charge is -2.25. The van der Waals surface area contributed by atoms with Gasteiger partial charge in [-0.15, -0.1) is 0 Å². The van der Waals surface area contributed by atoms with Crippen LogP contribution in [0.2, 0.25) is 0 Å². The van der Waals surface area contributed by atoms with Crippen LogP contribution in [-0.4, -0.2) is 37.2 Å². The van der Waals surface area contributed by atoms with Gasteiger partial charge in [0.05, 0.1) is 13.2 Å². The molecule has 0 saturated carbocycles. The molecule has 0 spiro atoms. The number of rotatable bonds is 7. The first-order valence-corrected chi connectivity index (χ1v) is 6.16. The minimum atomic E-state index is -0.908. The van der Waals surface area contributed by atoms with Gasteiger partial charge in [-0.05, 0) is 34.6 Å². The fraction of sp³-hybridized carbons (Fsp3) is 0.833. The SMILES string of the molecule is CCOC(=O)OOC(C)(C)CC(C)OC(=O)OCC. The number of carbonyl (C=O) groups excluding carboxylic acids is 2. The summed E-state index contributed by atoms with van der Waals surface area (Å²) in [5, 5.41) is 0. The van der Waals surface area contributed by atoms with Crippen molar-refractivity contribution < 1.29 is 33.6 Å². The number of ether oxygens (including phenoxy) is 3. The van der Waals surface area contributed by atoms with E-state index >= 15 is 0 Å². The predicted molar refractivity (Wildman–Crippen MR) is 65.5 cm³/mol. The molecule has 0 radical (unpaired) electrons. The van der Waals surface area contributed by atoms with Gasteiger partial charge in [0.25, 0.3) is 0 Å². The monoisotopic (exact) mass is 278 g/mol. The van der Waals surface area contributed by atoms with Crippen molar-refractivity contribution in [2.45, 2.75) is 52.7 Å². The summed E-state index contributed by atoms with van der Waals surface area (Å²) in [5.41, 5.74) is -0.821. The van der Waals surface area contributed by atoms with E-state index in [1.165, 1.54) is 0 Å². The van der Waals surface area contributed by atoms with Crippen LogP contribution in [0.25, 0.3) is 0 Å². The van der Waals surface area contributed by atoms with Crippen LogP contribution in [0.4, 0.5) is 9.59 Å². The Morgan fingerprint density at radius 3 is 2.11 bits per heavy atom. The summed E-state index contributed by atoms with van der Waals surface area (Å²) < 4.78 is 14.2. The lowest BCUT2D eigenvalue weighted by molar-refractivity contribution is -0.321. The van der Waals surface area contributed by atoms with E-state index in [0.29, 0.717) is 6.42 Å². The van der Waals surface area contributed by atoms with Gasteiger partial charge >= 0.3 is 12.3 Å². The third-order valence-electron chi connectivity index (χ3n) is 1.94. The Balaban J connectivity index is 4.06. The van der Waals surface area contributed by atoms with Crippen LogP contribution in [0.15, 0.2) is 0 Å². The summed E-state index contributed by atoms with van der Waals surface area (Å²) in [6.07, 6.45) is -1.77. The molecule has 0 heterocycles. The average Bonchev–Trinajstić information content (AvgIpc) is 2.26. The second-order valence-corrected chi connectivity index (χ2v) is 4.42. The summed E-state index contributed by atoms with van der Waals surface area (Å²) in [5.74, 6) is 0. The van der Waals surface area contributed by atoms with E-state index in [0.717, 1.165) is 0 Å². The van der Waals surface area contributed by atoms with Gasteiger partial charge in [0.2, 0.25) is 0 Å². The van der Waals surface area contributed by atoms with E-state index < -0.39 is 24.0 Å². The third kappa shape index (κ3) is 9.12. The highest BCUT2D eigenvalue weighted by atomic mass is 17.2. The first kappa shape index (κ1) is 17.5. The summed E-state index contributed by atoms with van der Waals surface area (Å²) in [4.78, 5) is 31.5. The van der Waals surface area contributed by atoms with Crippen LogP contribution >= 0.6 is 0 Å². The second-order valence-electron chi connectivity index (χ2n) is 4.42. The van der Waals surface area contributed by atoms with Crippen molar-refractivity contribution in [2.75, 3.05) is 13.2 Å². The van der Waals surface area contributed by atoms with Crippen LogP contribution in [0.5, 0.6) is 0 Å². The highest BCUT2D eigenvalue weighted by molar-refractivity contribution is 5.60. The third-order valence-corrected chi connectivity index (χ3v) is 1.94. The molecule has 0 aliphatic carbocycles. The molecule has 1 unspecified atom stereocenters. The molecule has 0 rings (SSSR count). The molecule has 1 atom stereocenters. The van der Waals surface area contributed by atoms with Gasteiger partial charge in [-0.25, -0.2) is 9.59 Å². The standard InChI is InChI=1S/C12H22O7/c1-6-15-10(13)17-9(3)8-12(4,5)19-18-11(14)16-7-2/h9H,6-8H2,1-5H3. The van der Waals surface area contributed by atoms with Gasteiger partial charge < -0.3 is 14.2 Å². The maximum atomic E-state index is 11.1. The van der Waals surface area contributed by atoms with Crippen molar-refractivity contribution in [3.05, 3.63) is 0 Å². The first-order valence-electron chi connectivity index (χ1n) is 6.16. The predicted octanol–water partition coefficient (Wildman–Crippen LogP) is 2.82. The van der Waals surface area contributed by atoms with E-state index in [1.807, 2.05) is 0 Å². The molecule has 0 saturated heterocycles. The molecule has 0 amide bonds. The Kier molecular flexibility index (Phi) is 7.90. The van der Waals surface area contributed by atoms with Crippen molar-refractivity contribution in [2.24, 2.45) is 0 Å². The molecule has 7 heteroatoms. The van der Waals surface area contributed by atoms with E-state index in [-0.39, 0.29) is 13.2 Å². The molecule has 0 fully saturated rings. The minimum Gasteiger partial charge on any atom is -0.435 e. The van der Waals surface area contributed by atoms with E-state index in [1.54, 1.807) is 34.6 Å². The Labute approximate surface area is 113 Å². The molecule has 112 valence electrons. The van der Waals surface area contributed by atoms with Crippen LogP contribution in [0, 0.1) is 0 Å². The van der Waals surface area contributed by atoms with Gasteiger partial charge in [0.1, 0.15) is 11.7 Å². The fourth-order valence-corrected chi connectivity index (χ4v) is 1.37. The summed E-state index contributed by atoms with van der Waals surface area (Å²) >= 11 is 0. The number of hydrogen-bond donors (Lipinski definition) is 0. The maximum Gasteiger partial charge on any atom is 0.540 e. The van der Waals surface area contributed by atoms with Crippen LogP contribution < -0.4 is 0 Å². The van der Waals surface area contributed by atoms with Crippen molar-refractivity contribution >= 4 is 12.3 Å². The minimum absolute atomic E-state index is 0.199. The number of carbonyl (C=O) groups is 2. The zero-order valence-electron chi connectivity index (χ0n) is 12.1. The molecule has 0 N–H and O–H groups in total. The zero-order chi connectivity index (χ0) is 14.9. The van der Waals surface area contributed by atoms with Crippen LogP contribution in [0.1, 0.15) is 41.0 Å². The van der Waals surface area contributed by atoms with Crippen molar-refractivity contribution in [3.8, 4) is 0 Å². The summed E-state index contributed by atoms with van der Waals surface area (Å²) in [6.45, 7) is 8.86. The Bertz CT molecular complexity index is 288. The molecule has 0 aromatic heterocycles. The van der Waals surface area contributed by atoms with Crippen molar-refractivity contribution in [1.82, 2.24) is 0 Å². The Morgan fingerprint density at radius 2 is 1.58 bits per heavy atom. The fourth-order valence-electron chi connectivity index (χ4n) is 1.37. The van der Waals surface area contributed by atoms with Gasteiger partial charge in [0, 0.05) is 6.42 Å². The molecular formula is C12H22O7. The smallest absolute Gasteiger partial charge is 0.435 e. The molecule has 0 aromatic carbocycles.